The Labute approximate surface area is 86.5 Å². The molecule has 0 unspecified atom stereocenters. The van der Waals surface area contributed by atoms with Gasteiger partial charge in [0, 0.05) is 5.02 Å². The maximum atomic E-state index is 8.42. The molecule has 0 aliphatic rings. The van der Waals surface area contributed by atoms with Crippen molar-refractivity contribution in [3.05, 3.63) is 23.2 Å². The fourth-order valence-electron chi connectivity index (χ4n) is 0.873. The van der Waals surface area contributed by atoms with Crippen LogP contribution in [-0.2, 0) is 0 Å². The Morgan fingerprint density at radius 2 is 2.38 bits per heavy atom. The molecule has 4 heteroatoms. The second-order valence-corrected chi connectivity index (χ2v) is 3.70. The van der Waals surface area contributed by atoms with Gasteiger partial charge in [0.15, 0.2) is 0 Å². The van der Waals surface area contributed by atoms with E-state index in [1.807, 2.05) is 0 Å². The smallest absolute Gasteiger partial charge is 0.132 e. The molecule has 2 nitrogen and oxygen atoms in total. The summed E-state index contributed by atoms with van der Waals surface area (Å²) < 4.78 is 5.11. The molecule has 0 atom stereocenters. The van der Waals surface area contributed by atoms with Crippen LogP contribution in [0.3, 0.4) is 0 Å². The third-order valence-corrected chi connectivity index (χ3v) is 2.56. The molecule has 0 saturated heterocycles. The van der Waals surface area contributed by atoms with Crippen molar-refractivity contribution in [1.29, 1.82) is 5.26 Å². The van der Waals surface area contributed by atoms with Crippen LogP contribution in [0.25, 0.3) is 0 Å². The van der Waals surface area contributed by atoms with Crippen LogP contribution < -0.4 is 4.74 Å². The number of nitrogens with zero attached hydrogens (tertiary/aromatic N) is 1. The summed E-state index contributed by atoms with van der Waals surface area (Å²) in [6.45, 7) is 0. The van der Waals surface area contributed by atoms with Crippen LogP contribution in [0.1, 0.15) is 0 Å². The summed E-state index contributed by atoms with van der Waals surface area (Å²) in [5, 5.41) is 9.07. The van der Waals surface area contributed by atoms with E-state index in [1.165, 1.54) is 11.8 Å². The van der Waals surface area contributed by atoms with E-state index in [1.54, 1.807) is 25.3 Å². The fraction of sp³-hybridized carbons (Fsp3) is 0.222. The lowest BCUT2D eigenvalue weighted by atomic mass is 10.3. The molecule has 0 aromatic heterocycles. The topological polar surface area (TPSA) is 33.0 Å². The van der Waals surface area contributed by atoms with Gasteiger partial charge in [-0.05, 0) is 18.2 Å². The Balaban J connectivity index is 2.89. The highest BCUT2D eigenvalue weighted by molar-refractivity contribution is 7.99. The fourth-order valence-corrected chi connectivity index (χ4v) is 1.83. The lowest BCUT2D eigenvalue weighted by Crippen LogP contribution is -1.86. The molecule has 0 heterocycles. The molecule has 0 radical (unpaired) electrons. The molecule has 1 rings (SSSR count). The summed E-state index contributed by atoms with van der Waals surface area (Å²) in [5.74, 6) is 1.15. The minimum Gasteiger partial charge on any atom is -0.496 e. The molecule has 1 aromatic rings. The van der Waals surface area contributed by atoms with E-state index in [2.05, 4.69) is 6.07 Å². The third kappa shape index (κ3) is 2.83. The molecular formula is C9H8ClNOS. The maximum Gasteiger partial charge on any atom is 0.132 e. The minimum atomic E-state index is 0.400. The van der Waals surface area contributed by atoms with Crippen molar-refractivity contribution in [2.75, 3.05) is 12.9 Å². The van der Waals surface area contributed by atoms with Crippen molar-refractivity contribution in [1.82, 2.24) is 0 Å². The van der Waals surface area contributed by atoms with E-state index >= 15 is 0 Å². The Hall–Kier alpha value is -0.850. The molecule has 0 spiro atoms. The molecule has 1 aromatic carbocycles. The number of halogens is 1. The van der Waals surface area contributed by atoms with E-state index in [9.17, 15) is 0 Å². The standard InChI is InChI=1S/C9H8ClNOS/c1-12-8-3-2-7(10)6-9(8)13-5-4-11/h2-3,6H,5H2,1H3. The number of thioether (sulfide) groups is 1. The molecular weight excluding hydrogens is 206 g/mol. The molecule has 0 aliphatic heterocycles. The van der Waals surface area contributed by atoms with E-state index < -0.39 is 0 Å². The maximum absolute atomic E-state index is 8.42. The molecule has 0 N–H and O–H groups in total. The van der Waals surface area contributed by atoms with Gasteiger partial charge in [0.25, 0.3) is 0 Å². The van der Waals surface area contributed by atoms with E-state index in [0.717, 1.165) is 10.6 Å². The first kappa shape index (κ1) is 10.2. The SMILES string of the molecule is COc1ccc(Cl)cc1SCC#N. The average molecular weight is 214 g/mol. The molecule has 0 fully saturated rings. The highest BCUT2D eigenvalue weighted by atomic mass is 35.5. The van der Waals surface area contributed by atoms with Crippen molar-refractivity contribution in [3.63, 3.8) is 0 Å². The molecule has 0 saturated carbocycles. The van der Waals surface area contributed by atoms with Crippen LogP contribution in [0.2, 0.25) is 5.02 Å². The second-order valence-electron chi connectivity index (χ2n) is 2.24. The van der Waals surface area contributed by atoms with Crippen LogP contribution in [0.15, 0.2) is 23.1 Å². The van der Waals surface area contributed by atoms with Gasteiger partial charge in [-0.2, -0.15) is 5.26 Å². The van der Waals surface area contributed by atoms with Crippen LogP contribution in [0.5, 0.6) is 5.75 Å². The average Bonchev–Trinajstić information content (AvgIpc) is 2.15. The molecule has 0 amide bonds. The first-order valence-electron chi connectivity index (χ1n) is 3.61. The quantitative estimate of drug-likeness (QED) is 0.724. The van der Waals surface area contributed by atoms with Crippen molar-refractivity contribution in [2.45, 2.75) is 4.90 Å². The van der Waals surface area contributed by atoms with Gasteiger partial charge in [-0.25, -0.2) is 0 Å². The first-order valence-corrected chi connectivity index (χ1v) is 4.97. The number of ether oxygens (including phenoxy) is 1. The number of benzene rings is 1. The Kier molecular flexibility index (Phi) is 3.94. The lowest BCUT2D eigenvalue weighted by Gasteiger charge is -2.05. The van der Waals surface area contributed by atoms with Gasteiger partial charge >= 0.3 is 0 Å². The highest BCUT2D eigenvalue weighted by Crippen LogP contribution is 2.31. The number of hydrogen-bond acceptors (Lipinski definition) is 3. The van der Waals surface area contributed by atoms with Crippen molar-refractivity contribution in [3.8, 4) is 11.8 Å². The van der Waals surface area contributed by atoms with Crippen molar-refractivity contribution >= 4 is 23.4 Å². The Bertz CT molecular complexity index is 335. The Morgan fingerprint density at radius 3 is 3.00 bits per heavy atom. The monoisotopic (exact) mass is 213 g/mol. The number of methoxy groups -OCH3 is 1. The van der Waals surface area contributed by atoms with Gasteiger partial charge in [-0.1, -0.05) is 11.6 Å². The van der Waals surface area contributed by atoms with Crippen molar-refractivity contribution in [2.24, 2.45) is 0 Å². The summed E-state index contributed by atoms with van der Waals surface area (Å²) in [6, 6.07) is 7.40. The zero-order valence-electron chi connectivity index (χ0n) is 7.08. The van der Waals surface area contributed by atoms with Crippen LogP contribution in [-0.4, -0.2) is 12.9 Å². The Morgan fingerprint density at radius 1 is 1.62 bits per heavy atom. The van der Waals surface area contributed by atoms with E-state index in [4.69, 9.17) is 21.6 Å². The minimum absolute atomic E-state index is 0.400. The van der Waals surface area contributed by atoms with Crippen LogP contribution >= 0.6 is 23.4 Å². The summed E-state index contributed by atoms with van der Waals surface area (Å²) in [5.41, 5.74) is 0. The number of nitriles is 1. The zero-order chi connectivity index (χ0) is 9.68. The van der Waals surface area contributed by atoms with Gasteiger partial charge in [0.05, 0.1) is 23.8 Å². The van der Waals surface area contributed by atoms with Gasteiger partial charge in [-0.15, -0.1) is 11.8 Å². The summed E-state index contributed by atoms with van der Waals surface area (Å²) in [4.78, 5) is 0.900. The van der Waals surface area contributed by atoms with E-state index in [0.29, 0.717) is 10.8 Å². The first-order chi connectivity index (χ1) is 6.27. The third-order valence-electron chi connectivity index (χ3n) is 1.42. The van der Waals surface area contributed by atoms with Gasteiger partial charge < -0.3 is 4.74 Å². The number of rotatable bonds is 3. The van der Waals surface area contributed by atoms with Gasteiger partial charge in [0.2, 0.25) is 0 Å². The summed E-state index contributed by atoms with van der Waals surface area (Å²) in [6.07, 6.45) is 0. The normalized spacial score (nSPS) is 9.31. The van der Waals surface area contributed by atoms with Gasteiger partial charge in [0.1, 0.15) is 5.75 Å². The zero-order valence-corrected chi connectivity index (χ0v) is 8.65. The van der Waals surface area contributed by atoms with Crippen LogP contribution in [0.4, 0.5) is 0 Å². The number of hydrogen-bond donors (Lipinski definition) is 0. The molecule has 0 bridgehead atoms. The largest absolute Gasteiger partial charge is 0.496 e. The second kappa shape index (κ2) is 5.00. The molecule has 68 valence electrons. The molecule has 0 aliphatic carbocycles. The summed E-state index contributed by atoms with van der Waals surface area (Å²) in [7, 11) is 1.60. The van der Waals surface area contributed by atoms with Gasteiger partial charge in [-0.3, -0.25) is 0 Å². The van der Waals surface area contributed by atoms with E-state index in [-0.39, 0.29) is 0 Å². The lowest BCUT2D eigenvalue weighted by molar-refractivity contribution is 0.405. The predicted molar refractivity (Wildman–Crippen MR) is 54.3 cm³/mol. The highest BCUT2D eigenvalue weighted by Gasteiger charge is 2.03. The summed E-state index contributed by atoms with van der Waals surface area (Å²) >= 11 is 7.22. The molecule has 13 heavy (non-hydrogen) atoms. The van der Waals surface area contributed by atoms with Crippen molar-refractivity contribution < 1.29 is 4.74 Å². The van der Waals surface area contributed by atoms with Crippen LogP contribution in [0, 0.1) is 11.3 Å². The predicted octanol–water partition coefficient (Wildman–Crippen LogP) is 2.96.